The van der Waals surface area contributed by atoms with Gasteiger partial charge in [0.1, 0.15) is 19.0 Å². The highest BCUT2D eigenvalue weighted by Gasteiger charge is 2.15. The normalized spacial score (nSPS) is 10.2. The van der Waals surface area contributed by atoms with Gasteiger partial charge < -0.3 is 19.3 Å². The molecule has 0 atom stereocenters. The van der Waals surface area contributed by atoms with Gasteiger partial charge in [0.15, 0.2) is 11.5 Å². The number of carboxylic acid groups (broad SMARTS) is 1. The second-order valence-corrected chi connectivity index (χ2v) is 5.24. The van der Waals surface area contributed by atoms with E-state index in [9.17, 15) is 4.79 Å². The number of aromatic carboxylic acids is 1. The van der Waals surface area contributed by atoms with Crippen LogP contribution >= 0.6 is 23.2 Å². The number of hydrogen-bond acceptors (Lipinski definition) is 4. The predicted octanol–water partition coefficient (Wildman–Crippen LogP) is 4.16. The molecule has 0 aliphatic heterocycles. The van der Waals surface area contributed by atoms with Gasteiger partial charge in [0.05, 0.1) is 22.7 Å². The Morgan fingerprint density at radius 3 is 2.39 bits per heavy atom. The van der Waals surface area contributed by atoms with Crippen LogP contribution in [0.1, 0.15) is 10.4 Å². The Balaban J connectivity index is 2.00. The number of methoxy groups -OCH3 is 1. The van der Waals surface area contributed by atoms with Crippen LogP contribution in [-0.2, 0) is 0 Å². The van der Waals surface area contributed by atoms with E-state index in [0.717, 1.165) is 0 Å². The van der Waals surface area contributed by atoms with E-state index in [2.05, 4.69) is 0 Å². The summed E-state index contributed by atoms with van der Waals surface area (Å²) in [6, 6.07) is 9.74. The molecule has 0 unspecified atom stereocenters. The summed E-state index contributed by atoms with van der Waals surface area (Å²) < 4.78 is 16.2. The Bertz CT molecular complexity index is 703. The van der Waals surface area contributed by atoms with E-state index in [-0.39, 0.29) is 35.3 Å². The van der Waals surface area contributed by atoms with Crippen LogP contribution in [0.25, 0.3) is 0 Å². The third-order valence-electron chi connectivity index (χ3n) is 2.90. The molecule has 2 rings (SSSR count). The summed E-state index contributed by atoms with van der Waals surface area (Å²) in [6.07, 6.45) is 0. The Morgan fingerprint density at radius 2 is 1.74 bits per heavy atom. The summed E-state index contributed by atoms with van der Waals surface area (Å²) in [5.74, 6) is -0.0366. The molecule has 0 spiro atoms. The highest BCUT2D eigenvalue weighted by molar-refractivity contribution is 6.32. The monoisotopic (exact) mass is 356 g/mol. The van der Waals surface area contributed by atoms with Crippen molar-refractivity contribution in [2.45, 2.75) is 0 Å². The third-order valence-corrected chi connectivity index (χ3v) is 3.49. The SMILES string of the molecule is COc1cc(C(=O)O)cc(Cl)c1OCCOc1ccccc1Cl. The molecule has 0 amide bonds. The molecule has 0 aliphatic carbocycles. The molecule has 0 aromatic heterocycles. The standard InChI is InChI=1S/C16H14Cl2O5/c1-21-14-9-10(16(19)20)8-12(18)15(14)23-7-6-22-13-5-3-2-4-11(13)17/h2-5,8-9H,6-7H2,1H3,(H,19,20). The molecular weight excluding hydrogens is 343 g/mol. The Hall–Kier alpha value is -2.11. The van der Waals surface area contributed by atoms with E-state index < -0.39 is 5.97 Å². The molecule has 0 saturated carbocycles. The zero-order chi connectivity index (χ0) is 16.8. The highest BCUT2D eigenvalue weighted by atomic mass is 35.5. The fourth-order valence-corrected chi connectivity index (χ4v) is 2.30. The van der Waals surface area contributed by atoms with Gasteiger partial charge in [-0.2, -0.15) is 0 Å². The summed E-state index contributed by atoms with van der Waals surface area (Å²) in [5.41, 5.74) is 0.0199. The largest absolute Gasteiger partial charge is 0.493 e. The quantitative estimate of drug-likeness (QED) is 0.754. The van der Waals surface area contributed by atoms with Crippen LogP contribution in [-0.4, -0.2) is 31.4 Å². The van der Waals surface area contributed by atoms with Crippen molar-refractivity contribution in [3.05, 3.63) is 52.0 Å². The first-order valence-corrected chi connectivity index (χ1v) is 7.39. The number of para-hydroxylation sites is 1. The zero-order valence-electron chi connectivity index (χ0n) is 12.2. The first-order valence-electron chi connectivity index (χ1n) is 6.64. The molecule has 0 fully saturated rings. The minimum absolute atomic E-state index is 0.0199. The van der Waals surface area contributed by atoms with Crippen LogP contribution < -0.4 is 14.2 Å². The first kappa shape index (κ1) is 17.2. The van der Waals surface area contributed by atoms with Crippen molar-refractivity contribution in [1.29, 1.82) is 0 Å². The molecule has 0 bridgehead atoms. The topological polar surface area (TPSA) is 65.0 Å². The number of carboxylic acids is 1. The average Bonchev–Trinajstić information content (AvgIpc) is 2.53. The van der Waals surface area contributed by atoms with E-state index >= 15 is 0 Å². The van der Waals surface area contributed by atoms with Gasteiger partial charge in [0.2, 0.25) is 0 Å². The van der Waals surface area contributed by atoms with Gasteiger partial charge in [-0.15, -0.1) is 0 Å². The summed E-state index contributed by atoms with van der Waals surface area (Å²) in [4.78, 5) is 11.0. The van der Waals surface area contributed by atoms with Crippen LogP contribution in [0.2, 0.25) is 10.0 Å². The van der Waals surface area contributed by atoms with Gasteiger partial charge in [0, 0.05) is 0 Å². The number of benzene rings is 2. The Labute approximate surface area is 143 Å². The predicted molar refractivity (Wildman–Crippen MR) is 87.4 cm³/mol. The summed E-state index contributed by atoms with van der Waals surface area (Å²) in [6.45, 7) is 0.428. The third kappa shape index (κ3) is 4.43. The van der Waals surface area contributed by atoms with Crippen molar-refractivity contribution in [2.24, 2.45) is 0 Å². The summed E-state index contributed by atoms with van der Waals surface area (Å²) >= 11 is 12.0. The lowest BCUT2D eigenvalue weighted by Crippen LogP contribution is -2.10. The molecule has 0 aliphatic rings. The van der Waals surface area contributed by atoms with Crippen LogP contribution in [0.5, 0.6) is 17.2 Å². The van der Waals surface area contributed by atoms with Crippen LogP contribution in [0.15, 0.2) is 36.4 Å². The van der Waals surface area contributed by atoms with Crippen molar-refractivity contribution in [1.82, 2.24) is 0 Å². The fourth-order valence-electron chi connectivity index (χ4n) is 1.84. The van der Waals surface area contributed by atoms with Gasteiger partial charge in [-0.3, -0.25) is 0 Å². The summed E-state index contributed by atoms with van der Waals surface area (Å²) in [7, 11) is 1.41. The minimum Gasteiger partial charge on any atom is -0.493 e. The van der Waals surface area contributed by atoms with Gasteiger partial charge in [-0.1, -0.05) is 35.3 Å². The van der Waals surface area contributed by atoms with Crippen molar-refractivity contribution in [2.75, 3.05) is 20.3 Å². The van der Waals surface area contributed by atoms with Crippen molar-refractivity contribution in [3.63, 3.8) is 0 Å². The van der Waals surface area contributed by atoms with Crippen molar-refractivity contribution < 1.29 is 24.1 Å². The fraction of sp³-hybridized carbons (Fsp3) is 0.188. The first-order chi connectivity index (χ1) is 11.0. The molecule has 2 aromatic rings. The minimum atomic E-state index is -1.10. The lowest BCUT2D eigenvalue weighted by Gasteiger charge is -2.14. The zero-order valence-corrected chi connectivity index (χ0v) is 13.7. The Kier molecular flexibility index (Phi) is 5.96. The highest BCUT2D eigenvalue weighted by Crippen LogP contribution is 2.36. The second kappa shape index (κ2) is 7.94. The van der Waals surface area contributed by atoms with Crippen LogP contribution in [0.3, 0.4) is 0 Å². The smallest absolute Gasteiger partial charge is 0.335 e. The maximum Gasteiger partial charge on any atom is 0.335 e. The van der Waals surface area contributed by atoms with Crippen molar-refractivity contribution in [3.8, 4) is 17.2 Å². The van der Waals surface area contributed by atoms with Crippen LogP contribution in [0.4, 0.5) is 0 Å². The number of halogens is 2. The molecule has 0 radical (unpaired) electrons. The molecule has 1 N–H and O–H groups in total. The molecule has 7 heteroatoms. The molecule has 0 heterocycles. The second-order valence-electron chi connectivity index (χ2n) is 4.42. The van der Waals surface area contributed by atoms with Crippen molar-refractivity contribution >= 4 is 29.2 Å². The number of rotatable bonds is 7. The molecule has 122 valence electrons. The maximum atomic E-state index is 11.0. The number of ether oxygens (including phenoxy) is 3. The van der Waals surface area contributed by atoms with Gasteiger partial charge >= 0.3 is 5.97 Å². The van der Waals surface area contributed by atoms with Gasteiger partial charge in [-0.05, 0) is 24.3 Å². The molecule has 5 nitrogen and oxygen atoms in total. The van der Waals surface area contributed by atoms with E-state index in [1.807, 2.05) is 6.07 Å². The van der Waals surface area contributed by atoms with Gasteiger partial charge in [0.25, 0.3) is 0 Å². The van der Waals surface area contributed by atoms with Gasteiger partial charge in [-0.25, -0.2) is 4.79 Å². The van der Waals surface area contributed by atoms with E-state index in [1.165, 1.54) is 19.2 Å². The Morgan fingerprint density at radius 1 is 1.04 bits per heavy atom. The molecule has 0 saturated heterocycles. The average molecular weight is 357 g/mol. The molecular formula is C16H14Cl2O5. The molecule has 2 aromatic carbocycles. The number of carbonyl (C=O) groups is 1. The lowest BCUT2D eigenvalue weighted by atomic mass is 10.2. The molecule has 23 heavy (non-hydrogen) atoms. The van der Waals surface area contributed by atoms with E-state index in [4.69, 9.17) is 42.5 Å². The number of hydrogen-bond donors (Lipinski definition) is 1. The lowest BCUT2D eigenvalue weighted by molar-refractivity contribution is 0.0696. The van der Waals surface area contributed by atoms with Crippen LogP contribution in [0, 0.1) is 0 Å². The van der Waals surface area contributed by atoms with E-state index in [0.29, 0.717) is 10.8 Å². The maximum absolute atomic E-state index is 11.0. The summed E-state index contributed by atoms with van der Waals surface area (Å²) in [5, 5.41) is 9.66. The van der Waals surface area contributed by atoms with E-state index in [1.54, 1.807) is 18.2 Å².